The van der Waals surface area contributed by atoms with Gasteiger partial charge in [0.05, 0.1) is 19.9 Å². The lowest BCUT2D eigenvalue weighted by Crippen LogP contribution is -1.93. The second kappa shape index (κ2) is 6.08. The van der Waals surface area contributed by atoms with Gasteiger partial charge in [-0.05, 0) is 37.3 Å². The van der Waals surface area contributed by atoms with Crippen molar-refractivity contribution in [3.63, 3.8) is 0 Å². The van der Waals surface area contributed by atoms with Crippen LogP contribution in [0.15, 0.2) is 51.4 Å². The molecule has 5 heteroatoms. The van der Waals surface area contributed by atoms with E-state index in [4.69, 9.17) is 13.9 Å². The number of aromatic nitrogens is 1. The Bertz CT molecular complexity index is 1040. The molecule has 0 amide bonds. The van der Waals surface area contributed by atoms with Gasteiger partial charge in [0, 0.05) is 26.4 Å². The molecule has 0 atom stereocenters. The molecule has 4 nitrogen and oxygen atoms in total. The molecule has 0 saturated heterocycles. The minimum absolute atomic E-state index is 0.620. The van der Waals surface area contributed by atoms with Gasteiger partial charge in [0.2, 0.25) is 5.89 Å². The summed E-state index contributed by atoms with van der Waals surface area (Å²) in [5.74, 6) is 2.78. The summed E-state index contributed by atoms with van der Waals surface area (Å²) in [6.07, 6.45) is 0. The number of hydrogen-bond donors (Lipinski definition) is 0. The predicted octanol–water partition coefficient (Wildman–Crippen LogP) is 5.69. The van der Waals surface area contributed by atoms with Crippen LogP contribution in [0.1, 0.15) is 5.76 Å². The number of halogens is 1. The summed E-state index contributed by atoms with van der Waals surface area (Å²) < 4.78 is 17.9. The fourth-order valence-electron chi connectivity index (χ4n) is 3.03. The largest absolute Gasteiger partial charge is 0.493 e. The van der Waals surface area contributed by atoms with Gasteiger partial charge < -0.3 is 13.9 Å². The third-order valence-corrected chi connectivity index (χ3v) is 4.85. The Hall–Kier alpha value is -2.53. The first kappa shape index (κ1) is 16.0. The van der Waals surface area contributed by atoms with Crippen molar-refractivity contribution < 1.29 is 13.9 Å². The Morgan fingerprint density at radius 1 is 0.920 bits per heavy atom. The van der Waals surface area contributed by atoms with Crippen LogP contribution in [0.2, 0.25) is 0 Å². The molecule has 2 aliphatic heterocycles. The van der Waals surface area contributed by atoms with Crippen LogP contribution in [0, 0.1) is 6.92 Å². The Morgan fingerprint density at radius 3 is 2.20 bits per heavy atom. The fraction of sp³-hybridized carbons (Fsp3) is 0.150. The minimum atomic E-state index is 0.620. The van der Waals surface area contributed by atoms with E-state index in [0.29, 0.717) is 17.4 Å². The van der Waals surface area contributed by atoms with E-state index in [0.717, 1.165) is 37.8 Å². The number of methoxy groups -OCH3 is 2. The van der Waals surface area contributed by atoms with E-state index in [2.05, 4.69) is 27.0 Å². The highest BCUT2D eigenvalue weighted by Gasteiger charge is 2.20. The number of fused-ring (bicyclic) bond motifs is 3. The van der Waals surface area contributed by atoms with Gasteiger partial charge in [-0.3, -0.25) is 0 Å². The zero-order valence-corrected chi connectivity index (χ0v) is 15.7. The molecule has 2 aromatic rings. The maximum Gasteiger partial charge on any atom is 0.227 e. The fourth-order valence-corrected chi connectivity index (χ4v) is 3.30. The molecule has 2 heterocycles. The summed E-state index contributed by atoms with van der Waals surface area (Å²) in [5.41, 5.74) is 2.88. The number of nitrogens with zero attached hydrogens (tertiary/aromatic N) is 1. The summed E-state index contributed by atoms with van der Waals surface area (Å²) in [7, 11) is 3.27. The van der Waals surface area contributed by atoms with Gasteiger partial charge in [-0.1, -0.05) is 28.1 Å². The highest BCUT2D eigenvalue weighted by molar-refractivity contribution is 9.10. The van der Waals surface area contributed by atoms with Gasteiger partial charge in [0.1, 0.15) is 5.76 Å². The predicted molar refractivity (Wildman–Crippen MR) is 102 cm³/mol. The number of aryl methyl sites for hydroxylation is 1. The lowest BCUT2D eigenvalue weighted by Gasteiger charge is -2.12. The van der Waals surface area contributed by atoms with Gasteiger partial charge in [0.25, 0.3) is 0 Å². The highest BCUT2D eigenvalue weighted by Crippen LogP contribution is 2.41. The Morgan fingerprint density at radius 2 is 1.56 bits per heavy atom. The van der Waals surface area contributed by atoms with E-state index in [9.17, 15) is 0 Å². The molecule has 2 aliphatic rings. The summed E-state index contributed by atoms with van der Waals surface area (Å²) in [4.78, 5) is 4.67. The molecular formula is C20H16BrNO3. The van der Waals surface area contributed by atoms with Crippen molar-refractivity contribution in [3.05, 3.63) is 52.7 Å². The smallest absolute Gasteiger partial charge is 0.227 e. The van der Waals surface area contributed by atoms with Crippen molar-refractivity contribution in [2.24, 2.45) is 0 Å². The van der Waals surface area contributed by atoms with Crippen LogP contribution >= 0.6 is 15.9 Å². The van der Waals surface area contributed by atoms with Crippen molar-refractivity contribution in [3.8, 4) is 34.2 Å². The van der Waals surface area contributed by atoms with Crippen LogP contribution in [0.5, 0.6) is 11.5 Å². The molecule has 25 heavy (non-hydrogen) atoms. The van der Waals surface area contributed by atoms with E-state index in [1.807, 2.05) is 43.3 Å². The molecule has 0 radical (unpaired) electrons. The summed E-state index contributed by atoms with van der Waals surface area (Å²) in [6, 6.07) is 14.0. The van der Waals surface area contributed by atoms with Gasteiger partial charge in [-0.2, -0.15) is 0 Å². The maximum atomic E-state index is 5.96. The summed E-state index contributed by atoms with van der Waals surface area (Å²) >= 11 is 3.46. The third kappa shape index (κ3) is 2.65. The second-order valence-corrected chi connectivity index (χ2v) is 6.69. The van der Waals surface area contributed by atoms with Gasteiger partial charge in [0.15, 0.2) is 11.5 Å². The average molecular weight is 398 g/mol. The van der Waals surface area contributed by atoms with E-state index >= 15 is 0 Å². The van der Waals surface area contributed by atoms with Crippen LogP contribution in [0.25, 0.3) is 33.5 Å². The SMILES string of the molecule is COc1cc2c3cc(-c4ccc(Br)cc4)nc-3oc(C)c2cc1OC. The zero-order chi connectivity index (χ0) is 17.6. The molecule has 0 N–H and O–H groups in total. The highest BCUT2D eigenvalue weighted by atomic mass is 79.9. The second-order valence-electron chi connectivity index (χ2n) is 5.78. The lowest BCUT2D eigenvalue weighted by molar-refractivity contribution is 0.355. The van der Waals surface area contributed by atoms with E-state index < -0.39 is 0 Å². The molecule has 126 valence electrons. The Kier molecular flexibility index (Phi) is 3.88. The lowest BCUT2D eigenvalue weighted by atomic mass is 10.0. The van der Waals surface area contributed by atoms with Gasteiger partial charge >= 0.3 is 0 Å². The topological polar surface area (TPSA) is 44.5 Å². The van der Waals surface area contributed by atoms with Crippen LogP contribution in [0.4, 0.5) is 0 Å². The molecule has 0 bridgehead atoms. The molecule has 0 saturated carbocycles. The first-order valence-electron chi connectivity index (χ1n) is 7.82. The average Bonchev–Trinajstić information content (AvgIpc) is 3.05. The molecule has 0 fully saturated rings. The van der Waals surface area contributed by atoms with E-state index in [1.54, 1.807) is 14.2 Å². The number of benzene rings is 2. The van der Waals surface area contributed by atoms with Crippen molar-refractivity contribution in [1.29, 1.82) is 0 Å². The normalized spacial score (nSPS) is 11.2. The van der Waals surface area contributed by atoms with Crippen molar-refractivity contribution >= 4 is 26.7 Å². The van der Waals surface area contributed by atoms with E-state index in [-0.39, 0.29) is 0 Å². The van der Waals surface area contributed by atoms with Crippen LogP contribution in [0.3, 0.4) is 0 Å². The summed E-state index contributed by atoms with van der Waals surface area (Å²) in [5, 5.41) is 2.02. The van der Waals surface area contributed by atoms with Crippen molar-refractivity contribution in [1.82, 2.24) is 4.98 Å². The summed E-state index contributed by atoms with van der Waals surface area (Å²) in [6.45, 7) is 1.93. The van der Waals surface area contributed by atoms with Crippen molar-refractivity contribution in [2.75, 3.05) is 14.2 Å². The Balaban J connectivity index is 1.99. The monoisotopic (exact) mass is 397 g/mol. The molecule has 2 aromatic carbocycles. The first-order chi connectivity index (χ1) is 12.1. The maximum absolute atomic E-state index is 5.96. The number of rotatable bonds is 3. The molecule has 0 spiro atoms. The molecule has 0 aromatic heterocycles. The number of ether oxygens (including phenoxy) is 2. The Labute approximate surface area is 153 Å². The number of hydrogen-bond acceptors (Lipinski definition) is 4. The standard InChI is InChI=1S/C20H16BrNO3/c1-11-14-9-18(23-2)19(24-3)10-15(14)16-8-17(22-20(16)25-11)12-4-6-13(21)7-5-12/h4-10H,1-3H3. The van der Waals surface area contributed by atoms with Gasteiger partial charge in [-0.25, -0.2) is 4.98 Å². The van der Waals surface area contributed by atoms with Crippen LogP contribution in [-0.2, 0) is 0 Å². The van der Waals surface area contributed by atoms with Crippen LogP contribution in [-0.4, -0.2) is 19.2 Å². The van der Waals surface area contributed by atoms with Gasteiger partial charge in [-0.15, -0.1) is 0 Å². The molecular weight excluding hydrogens is 382 g/mol. The quantitative estimate of drug-likeness (QED) is 0.445. The van der Waals surface area contributed by atoms with E-state index in [1.165, 1.54) is 0 Å². The zero-order valence-electron chi connectivity index (χ0n) is 14.1. The van der Waals surface area contributed by atoms with Crippen LogP contribution < -0.4 is 9.47 Å². The van der Waals surface area contributed by atoms with Crippen molar-refractivity contribution in [2.45, 2.75) is 6.92 Å². The molecule has 4 rings (SSSR count). The third-order valence-electron chi connectivity index (χ3n) is 4.32. The molecule has 0 unspecified atom stereocenters. The minimum Gasteiger partial charge on any atom is -0.493 e. The first-order valence-corrected chi connectivity index (χ1v) is 8.62. The molecule has 0 aliphatic carbocycles.